The summed E-state index contributed by atoms with van der Waals surface area (Å²) in [5.74, 6) is 0. The van der Waals surface area contributed by atoms with Gasteiger partial charge in [-0.05, 0) is 30.2 Å². The highest BCUT2D eigenvalue weighted by Gasteiger charge is 2.23. The Morgan fingerprint density at radius 3 is 2.30 bits per heavy atom. The van der Waals surface area contributed by atoms with Crippen LogP contribution in [0.4, 0.5) is 0 Å². The Morgan fingerprint density at radius 2 is 1.70 bits per heavy atom. The first kappa shape index (κ1) is 19.9. The Bertz CT molecular complexity index is 709. The molecular weight excluding hydrogens is 355 g/mol. The Labute approximate surface area is 148 Å². The van der Waals surface area contributed by atoms with Crippen molar-refractivity contribution in [3.63, 3.8) is 0 Å². The van der Waals surface area contributed by atoms with Crippen molar-refractivity contribution in [3.05, 3.63) is 65.2 Å². The summed E-state index contributed by atoms with van der Waals surface area (Å²) < 4.78 is 26.8. The van der Waals surface area contributed by atoms with Crippen molar-refractivity contribution in [2.24, 2.45) is 5.73 Å². The fourth-order valence-corrected chi connectivity index (χ4v) is 3.93. The van der Waals surface area contributed by atoms with Gasteiger partial charge in [-0.2, -0.15) is 4.31 Å². The number of sulfonamides is 1. The molecule has 7 heteroatoms. The molecule has 0 fully saturated rings. The zero-order valence-electron chi connectivity index (χ0n) is 12.6. The molecule has 0 spiro atoms. The van der Waals surface area contributed by atoms with E-state index < -0.39 is 10.0 Å². The number of hydrogen-bond acceptors (Lipinski definition) is 3. The summed E-state index contributed by atoms with van der Waals surface area (Å²) >= 11 is 5.90. The fourth-order valence-electron chi connectivity index (χ4n) is 2.17. The largest absolute Gasteiger partial charge is 0.329 e. The van der Waals surface area contributed by atoms with Crippen molar-refractivity contribution in [1.82, 2.24) is 4.31 Å². The first-order valence-corrected chi connectivity index (χ1v) is 8.85. The Balaban J connectivity index is 0.00000264. The van der Waals surface area contributed by atoms with Gasteiger partial charge in [0.05, 0.1) is 4.90 Å². The van der Waals surface area contributed by atoms with Gasteiger partial charge in [0.25, 0.3) is 0 Å². The van der Waals surface area contributed by atoms with Crippen molar-refractivity contribution in [2.75, 3.05) is 19.6 Å². The molecule has 4 nitrogen and oxygen atoms in total. The predicted octanol–water partition coefficient (Wildman–Crippen LogP) is 2.95. The lowest BCUT2D eigenvalue weighted by atomic mass is 10.1. The van der Waals surface area contributed by atoms with Crippen LogP contribution in [0.3, 0.4) is 0 Å². The lowest BCUT2D eigenvalue weighted by Gasteiger charge is -2.21. The molecule has 0 radical (unpaired) electrons. The van der Waals surface area contributed by atoms with E-state index in [4.69, 9.17) is 17.3 Å². The van der Waals surface area contributed by atoms with Crippen LogP contribution in [0.1, 0.15) is 5.56 Å². The van der Waals surface area contributed by atoms with Crippen LogP contribution in [0.5, 0.6) is 0 Å². The number of rotatable bonds is 7. The van der Waals surface area contributed by atoms with Crippen molar-refractivity contribution in [3.8, 4) is 0 Å². The van der Waals surface area contributed by atoms with Crippen LogP contribution in [0.2, 0.25) is 5.02 Å². The molecule has 0 aliphatic heterocycles. The molecular formula is C16H20Cl2N2O2S. The maximum atomic E-state index is 12.7. The zero-order chi connectivity index (χ0) is 16.0. The molecule has 23 heavy (non-hydrogen) atoms. The minimum atomic E-state index is -3.59. The van der Waals surface area contributed by atoms with Gasteiger partial charge in [0.2, 0.25) is 10.0 Å². The summed E-state index contributed by atoms with van der Waals surface area (Å²) in [5, 5.41) is 0.400. The fraction of sp³-hybridized carbons (Fsp3) is 0.250. The number of halogens is 2. The summed E-state index contributed by atoms with van der Waals surface area (Å²) in [6, 6.07) is 16.1. The minimum absolute atomic E-state index is 0. The maximum Gasteiger partial charge on any atom is 0.243 e. The van der Waals surface area contributed by atoms with E-state index in [1.165, 1.54) is 10.4 Å². The molecule has 2 N–H and O–H groups in total. The van der Waals surface area contributed by atoms with E-state index in [1.54, 1.807) is 18.2 Å². The standard InChI is InChI=1S/C16H19ClN2O2S.ClH/c17-15-7-4-8-16(13-15)22(20,21)19(12-10-18)11-9-14-5-2-1-3-6-14;/h1-8,13H,9-12,18H2;1H. The quantitative estimate of drug-likeness (QED) is 0.809. The van der Waals surface area contributed by atoms with E-state index >= 15 is 0 Å². The molecule has 0 heterocycles. The topological polar surface area (TPSA) is 63.4 Å². The summed E-state index contributed by atoms with van der Waals surface area (Å²) in [7, 11) is -3.59. The monoisotopic (exact) mass is 374 g/mol. The average molecular weight is 375 g/mol. The van der Waals surface area contributed by atoms with Gasteiger partial charge in [-0.15, -0.1) is 12.4 Å². The second kappa shape index (κ2) is 9.25. The lowest BCUT2D eigenvalue weighted by molar-refractivity contribution is 0.421. The molecule has 0 aliphatic rings. The molecule has 0 amide bonds. The molecule has 2 aromatic rings. The second-order valence-electron chi connectivity index (χ2n) is 4.89. The molecule has 0 bridgehead atoms. The van der Waals surface area contributed by atoms with Gasteiger partial charge in [0.15, 0.2) is 0 Å². The third-order valence-electron chi connectivity index (χ3n) is 3.31. The van der Waals surface area contributed by atoms with Gasteiger partial charge >= 0.3 is 0 Å². The van der Waals surface area contributed by atoms with E-state index in [9.17, 15) is 8.42 Å². The lowest BCUT2D eigenvalue weighted by Crippen LogP contribution is -2.36. The van der Waals surface area contributed by atoms with Gasteiger partial charge in [-0.25, -0.2) is 8.42 Å². The molecule has 2 rings (SSSR count). The first-order chi connectivity index (χ1) is 10.5. The molecule has 2 aromatic carbocycles. The van der Waals surface area contributed by atoms with Gasteiger partial charge in [-0.1, -0.05) is 48.0 Å². The predicted molar refractivity (Wildman–Crippen MR) is 96.7 cm³/mol. The van der Waals surface area contributed by atoms with E-state index in [0.29, 0.717) is 18.0 Å². The highest BCUT2D eigenvalue weighted by Crippen LogP contribution is 2.19. The van der Waals surface area contributed by atoms with Gasteiger partial charge < -0.3 is 5.73 Å². The van der Waals surface area contributed by atoms with Crippen molar-refractivity contribution in [2.45, 2.75) is 11.3 Å². The van der Waals surface area contributed by atoms with E-state index in [2.05, 4.69) is 0 Å². The van der Waals surface area contributed by atoms with Crippen LogP contribution in [0, 0.1) is 0 Å². The summed E-state index contributed by atoms with van der Waals surface area (Å²) in [4.78, 5) is 0.196. The highest BCUT2D eigenvalue weighted by molar-refractivity contribution is 7.89. The SMILES string of the molecule is Cl.NCCN(CCc1ccccc1)S(=O)(=O)c1cccc(Cl)c1. The number of nitrogens with two attached hydrogens (primary N) is 1. The zero-order valence-corrected chi connectivity index (χ0v) is 14.9. The second-order valence-corrected chi connectivity index (χ2v) is 7.26. The Kier molecular flexibility index (Phi) is 8.02. The third kappa shape index (κ3) is 5.48. The third-order valence-corrected chi connectivity index (χ3v) is 5.43. The van der Waals surface area contributed by atoms with Crippen LogP contribution in [-0.2, 0) is 16.4 Å². The number of nitrogens with zero attached hydrogens (tertiary/aromatic N) is 1. The van der Waals surface area contributed by atoms with E-state index in [0.717, 1.165) is 5.56 Å². The van der Waals surface area contributed by atoms with Crippen LogP contribution < -0.4 is 5.73 Å². The highest BCUT2D eigenvalue weighted by atomic mass is 35.5. The van der Waals surface area contributed by atoms with Crippen molar-refractivity contribution >= 4 is 34.0 Å². The molecule has 0 saturated heterocycles. The average Bonchev–Trinajstić information content (AvgIpc) is 2.52. The van der Waals surface area contributed by atoms with Crippen LogP contribution in [0.25, 0.3) is 0 Å². The van der Waals surface area contributed by atoms with Gasteiger partial charge in [0.1, 0.15) is 0 Å². The Hall–Kier alpha value is -1.11. The van der Waals surface area contributed by atoms with Crippen LogP contribution in [-0.4, -0.2) is 32.4 Å². The molecule has 126 valence electrons. The van der Waals surface area contributed by atoms with Gasteiger partial charge in [0, 0.05) is 24.7 Å². The van der Waals surface area contributed by atoms with Crippen molar-refractivity contribution in [1.29, 1.82) is 0 Å². The molecule has 0 saturated carbocycles. The number of hydrogen-bond donors (Lipinski definition) is 1. The van der Waals surface area contributed by atoms with Crippen LogP contribution >= 0.6 is 24.0 Å². The molecule has 0 aromatic heterocycles. The summed E-state index contributed by atoms with van der Waals surface area (Å²) in [6.07, 6.45) is 0.640. The van der Waals surface area contributed by atoms with E-state index in [1.807, 2.05) is 30.3 Å². The maximum absolute atomic E-state index is 12.7. The smallest absolute Gasteiger partial charge is 0.243 e. The molecule has 0 aliphatic carbocycles. The summed E-state index contributed by atoms with van der Waals surface area (Å²) in [5.41, 5.74) is 6.66. The van der Waals surface area contributed by atoms with Gasteiger partial charge in [-0.3, -0.25) is 0 Å². The minimum Gasteiger partial charge on any atom is -0.329 e. The first-order valence-electron chi connectivity index (χ1n) is 7.04. The van der Waals surface area contributed by atoms with Crippen LogP contribution in [0.15, 0.2) is 59.5 Å². The number of benzene rings is 2. The summed E-state index contributed by atoms with van der Waals surface area (Å²) in [6.45, 7) is 0.937. The molecule has 0 atom stereocenters. The van der Waals surface area contributed by atoms with Crippen molar-refractivity contribution < 1.29 is 8.42 Å². The normalized spacial score (nSPS) is 11.3. The Morgan fingerprint density at radius 1 is 1.00 bits per heavy atom. The van der Waals surface area contributed by atoms with E-state index in [-0.39, 0.29) is 30.4 Å². The molecule has 0 unspecified atom stereocenters.